The van der Waals surface area contributed by atoms with Crippen LogP contribution in [0, 0.1) is 0 Å². The van der Waals surface area contributed by atoms with Crippen molar-refractivity contribution in [1.29, 1.82) is 0 Å². The van der Waals surface area contributed by atoms with Crippen molar-refractivity contribution >= 4 is 9.84 Å². The second-order valence-corrected chi connectivity index (χ2v) is 5.95. The summed E-state index contributed by atoms with van der Waals surface area (Å²) < 4.78 is 23.5. The van der Waals surface area contributed by atoms with Crippen LogP contribution in [0.5, 0.6) is 0 Å². The minimum atomic E-state index is -3.31. The topological polar surface area (TPSA) is 57.9 Å². The molecular weight excluding hydrogens is 198 g/mol. The number of hydrogen-bond donors (Lipinski definition) is 0. The molecule has 1 radical (unpaired) electrons. The summed E-state index contributed by atoms with van der Waals surface area (Å²) in [5, 5.41) is 0. The van der Waals surface area contributed by atoms with E-state index >= 15 is 0 Å². The minimum absolute atomic E-state index is 0.149. The maximum Gasteiger partial charge on any atom is 0.180 e. The van der Waals surface area contributed by atoms with Crippen molar-refractivity contribution in [3.8, 4) is 0 Å². The first-order chi connectivity index (χ1) is 6.31. The van der Waals surface area contributed by atoms with E-state index in [0.717, 1.165) is 0 Å². The Bertz CT molecular complexity index is 390. The Kier molecular flexibility index (Phi) is 2.97. The van der Waals surface area contributed by atoms with E-state index < -0.39 is 15.4 Å². The molecule has 0 aromatic heterocycles. The van der Waals surface area contributed by atoms with E-state index in [4.69, 9.17) is 5.73 Å². The summed E-state index contributed by atoms with van der Waals surface area (Å²) in [5.74, 6) is -0.149. The third-order valence-electron chi connectivity index (χ3n) is 1.65. The third kappa shape index (κ3) is 3.12. The molecule has 77 valence electrons. The second-order valence-electron chi connectivity index (χ2n) is 3.96. The molecule has 1 rings (SSSR count). The lowest BCUT2D eigenvalue weighted by atomic mass is 10.1. The predicted octanol–water partition coefficient (Wildman–Crippen LogP) is 1.52. The molecule has 0 aliphatic carbocycles. The second kappa shape index (κ2) is 3.71. The van der Waals surface area contributed by atoms with Crippen LogP contribution in [0.25, 0.3) is 0 Å². The standard InChI is InChI=1S/C10H14NO2S/c1-10(2,11)8-14(12,13)9-6-4-3-5-7-9/h3-7,11H,8H2,1-2H3. The molecule has 0 bridgehead atoms. The van der Waals surface area contributed by atoms with Crippen molar-refractivity contribution in [2.45, 2.75) is 24.3 Å². The molecule has 0 fully saturated rings. The van der Waals surface area contributed by atoms with Gasteiger partial charge < -0.3 is 0 Å². The lowest BCUT2D eigenvalue weighted by molar-refractivity contribution is 0.532. The van der Waals surface area contributed by atoms with E-state index in [2.05, 4.69) is 0 Å². The van der Waals surface area contributed by atoms with Gasteiger partial charge in [-0.05, 0) is 26.0 Å². The third-order valence-corrected chi connectivity index (χ3v) is 3.75. The quantitative estimate of drug-likeness (QED) is 0.762. The molecule has 0 aliphatic rings. The summed E-state index contributed by atoms with van der Waals surface area (Å²) in [6, 6.07) is 8.25. The predicted molar refractivity (Wildman–Crippen MR) is 55.7 cm³/mol. The monoisotopic (exact) mass is 212 g/mol. The molecule has 0 saturated heterocycles. The fraction of sp³-hybridized carbons (Fsp3) is 0.400. The summed E-state index contributed by atoms with van der Waals surface area (Å²) in [6.45, 7) is 3.18. The summed E-state index contributed by atoms with van der Waals surface area (Å²) in [5.41, 5.74) is 6.61. The highest BCUT2D eigenvalue weighted by Crippen LogP contribution is 2.14. The van der Waals surface area contributed by atoms with Gasteiger partial charge in [0.2, 0.25) is 0 Å². The van der Waals surface area contributed by atoms with Crippen molar-refractivity contribution in [3.63, 3.8) is 0 Å². The normalized spacial score (nSPS) is 12.8. The van der Waals surface area contributed by atoms with Gasteiger partial charge in [-0.3, -0.25) is 5.73 Å². The van der Waals surface area contributed by atoms with Crippen LogP contribution in [-0.4, -0.2) is 19.7 Å². The van der Waals surface area contributed by atoms with Crippen LogP contribution < -0.4 is 5.73 Å². The lowest BCUT2D eigenvalue weighted by Crippen LogP contribution is -2.31. The van der Waals surface area contributed by atoms with Crippen molar-refractivity contribution in [3.05, 3.63) is 30.3 Å². The van der Waals surface area contributed by atoms with Gasteiger partial charge in [-0.1, -0.05) is 18.2 Å². The molecule has 1 aromatic rings. The number of hydrogen-bond acceptors (Lipinski definition) is 2. The molecule has 3 nitrogen and oxygen atoms in total. The van der Waals surface area contributed by atoms with Gasteiger partial charge in [0, 0.05) is 5.54 Å². The van der Waals surface area contributed by atoms with Crippen LogP contribution in [0.1, 0.15) is 13.8 Å². The fourth-order valence-corrected chi connectivity index (χ4v) is 2.87. The molecule has 0 saturated carbocycles. The average molecular weight is 212 g/mol. The zero-order valence-electron chi connectivity index (χ0n) is 8.32. The summed E-state index contributed by atoms with van der Waals surface area (Å²) in [7, 11) is -3.31. The van der Waals surface area contributed by atoms with E-state index in [-0.39, 0.29) is 5.75 Å². The van der Waals surface area contributed by atoms with Gasteiger partial charge in [0.05, 0.1) is 10.6 Å². The van der Waals surface area contributed by atoms with Crippen LogP contribution in [0.4, 0.5) is 0 Å². The van der Waals surface area contributed by atoms with Gasteiger partial charge in [0.25, 0.3) is 0 Å². The van der Waals surface area contributed by atoms with Crippen molar-refractivity contribution in [1.82, 2.24) is 5.73 Å². The highest BCUT2D eigenvalue weighted by molar-refractivity contribution is 7.91. The van der Waals surface area contributed by atoms with Gasteiger partial charge in [-0.15, -0.1) is 0 Å². The zero-order valence-corrected chi connectivity index (χ0v) is 9.14. The van der Waals surface area contributed by atoms with Gasteiger partial charge in [0.1, 0.15) is 0 Å². The van der Waals surface area contributed by atoms with Crippen LogP contribution in [-0.2, 0) is 9.84 Å². The van der Waals surface area contributed by atoms with Gasteiger partial charge in [0.15, 0.2) is 9.84 Å². The minimum Gasteiger partial charge on any atom is -0.251 e. The number of sulfone groups is 1. The van der Waals surface area contributed by atoms with Crippen LogP contribution >= 0.6 is 0 Å². The Morgan fingerprint density at radius 2 is 1.71 bits per heavy atom. The maximum absolute atomic E-state index is 11.7. The van der Waals surface area contributed by atoms with Crippen molar-refractivity contribution in [2.75, 3.05) is 5.75 Å². The molecule has 14 heavy (non-hydrogen) atoms. The molecule has 1 N–H and O–H groups in total. The smallest absolute Gasteiger partial charge is 0.180 e. The molecule has 4 heteroatoms. The first-order valence-electron chi connectivity index (χ1n) is 4.34. The van der Waals surface area contributed by atoms with E-state index in [1.165, 1.54) is 0 Å². The average Bonchev–Trinajstić information content (AvgIpc) is 2.01. The molecule has 0 amide bonds. The van der Waals surface area contributed by atoms with E-state index in [1.807, 2.05) is 0 Å². The summed E-state index contributed by atoms with van der Waals surface area (Å²) in [4.78, 5) is 0.292. The first kappa shape index (κ1) is 11.2. The van der Waals surface area contributed by atoms with E-state index in [9.17, 15) is 8.42 Å². The zero-order chi connectivity index (χ0) is 10.8. The number of nitrogens with one attached hydrogen (secondary N) is 1. The highest BCUT2D eigenvalue weighted by Gasteiger charge is 2.24. The summed E-state index contributed by atoms with van der Waals surface area (Å²) >= 11 is 0. The van der Waals surface area contributed by atoms with Crippen LogP contribution in [0.3, 0.4) is 0 Å². The first-order valence-corrected chi connectivity index (χ1v) is 5.99. The fourth-order valence-electron chi connectivity index (χ4n) is 1.19. The number of benzene rings is 1. The van der Waals surface area contributed by atoms with Crippen LogP contribution in [0.2, 0.25) is 0 Å². The lowest BCUT2D eigenvalue weighted by Gasteiger charge is -2.16. The van der Waals surface area contributed by atoms with E-state index in [1.54, 1.807) is 44.2 Å². The molecular formula is C10H14NO2S. The maximum atomic E-state index is 11.7. The molecule has 0 aliphatic heterocycles. The van der Waals surface area contributed by atoms with Gasteiger partial charge in [-0.25, -0.2) is 8.42 Å². The molecule has 0 atom stereocenters. The Hall–Kier alpha value is -0.870. The van der Waals surface area contributed by atoms with Crippen molar-refractivity contribution < 1.29 is 8.42 Å². The molecule has 0 spiro atoms. The Morgan fingerprint density at radius 3 is 2.14 bits per heavy atom. The molecule has 1 aromatic carbocycles. The Morgan fingerprint density at radius 1 is 1.21 bits per heavy atom. The van der Waals surface area contributed by atoms with Crippen LogP contribution in [0.15, 0.2) is 35.2 Å². The largest absolute Gasteiger partial charge is 0.251 e. The summed E-state index contributed by atoms with van der Waals surface area (Å²) in [6.07, 6.45) is 0. The molecule has 0 heterocycles. The Labute approximate surface area is 84.9 Å². The van der Waals surface area contributed by atoms with Gasteiger partial charge in [-0.2, -0.15) is 0 Å². The van der Waals surface area contributed by atoms with Crippen molar-refractivity contribution in [2.24, 2.45) is 0 Å². The Balaban J connectivity index is 2.99. The SMILES string of the molecule is CC(C)([NH])CS(=O)(=O)c1ccccc1. The van der Waals surface area contributed by atoms with Gasteiger partial charge >= 0.3 is 0 Å². The van der Waals surface area contributed by atoms with E-state index in [0.29, 0.717) is 4.90 Å². The highest BCUT2D eigenvalue weighted by atomic mass is 32.2. The molecule has 0 unspecified atom stereocenters. The number of rotatable bonds is 3.